The first-order valence-corrected chi connectivity index (χ1v) is 11.1. The SMILES string of the molecule is O=C([O-])CCCN1C(=O)/C(=C2\C(=O)N(Cc3ccc(Cl)cc3)c3ccccc32)SC1=S. The van der Waals surface area contributed by atoms with Gasteiger partial charge in [0.2, 0.25) is 0 Å². The molecule has 0 saturated carbocycles. The number of hydrogen-bond donors (Lipinski definition) is 0. The Morgan fingerprint density at radius 1 is 1.03 bits per heavy atom. The summed E-state index contributed by atoms with van der Waals surface area (Å²) in [7, 11) is 0. The van der Waals surface area contributed by atoms with E-state index in [9.17, 15) is 19.5 Å². The van der Waals surface area contributed by atoms with Crippen molar-refractivity contribution >= 4 is 68.9 Å². The number of rotatable bonds is 6. The molecule has 2 aromatic rings. The number of hydrogen-bond acceptors (Lipinski definition) is 6. The van der Waals surface area contributed by atoms with Gasteiger partial charge in [-0.25, -0.2) is 0 Å². The Bertz CT molecular complexity index is 1130. The van der Waals surface area contributed by atoms with E-state index in [1.807, 2.05) is 36.4 Å². The molecule has 2 amide bonds. The third kappa shape index (κ3) is 4.23. The number of thioether (sulfide) groups is 1. The fraction of sp³-hybridized carbons (Fsp3) is 0.182. The van der Waals surface area contributed by atoms with Gasteiger partial charge in [-0.15, -0.1) is 0 Å². The Balaban J connectivity index is 1.67. The van der Waals surface area contributed by atoms with E-state index < -0.39 is 5.97 Å². The minimum atomic E-state index is -1.18. The maximum absolute atomic E-state index is 13.4. The van der Waals surface area contributed by atoms with Crippen LogP contribution in [0.3, 0.4) is 0 Å². The number of carboxylic acids is 1. The minimum Gasteiger partial charge on any atom is -0.550 e. The lowest BCUT2D eigenvalue weighted by Crippen LogP contribution is -2.31. The molecular weight excluding hydrogens is 456 g/mol. The van der Waals surface area contributed by atoms with Crippen LogP contribution in [0.4, 0.5) is 5.69 Å². The highest BCUT2D eigenvalue weighted by molar-refractivity contribution is 8.26. The maximum atomic E-state index is 13.4. The second-order valence-electron chi connectivity index (χ2n) is 7.04. The van der Waals surface area contributed by atoms with Crippen molar-refractivity contribution in [2.75, 3.05) is 11.4 Å². The second-order valence-corrected chi connectivity index (χ2v) is 9.12. The summed E-state index contributed by atoms with van der Waals surface area (Å²) >= 11 is 12.4. The lowest BCUT2D eigenvalue weighted by Gasteiger charge is -2.17. The lowest BCUT2D eigenvalue weighted by atomic mass is 10.1. The number of amides is 2. The molecule has 0 atom stereocenters. The van der Waals surface area contributed by atoms with Gasteiger partial charge < -0.3 is 14.8 Å². The fourth-order valence-corrected chi connectivity index (χ4v) is 5.06. The first kappa shape index (κ1) is 21.5. The van der Waals surface area contributed by atoms with E-state index in [1.54, 1.807) is 17.0 Å². The van der Waals surface area contributed by atoms with Gasteiger partial charge >= 0.3 is 0 Å². The van der Waals surface area contributed by atoms with Crippen molar-refractivity contribution in [3.63, 3.8) is 0 Å². The van der Waals surface area contributed by atoms with Gasteiger partial charge in [0.15, 0.2) is 0 Å². The largest absolute Gasteiger partial charge is 0.550 e. The van der Waals surface area contributed by atoms with E-state index in [0.717, 1.165) is 23.0 Å². The monoisotopic (exact) mass is 471 g/mol. The first-order valence-electron chi connectivity index (χ1n) is 9.50. The Kier molecular flexibility index (Phi) is 6.13. The molecular formula is C22H16ClN2O4S2-. The van der Waals surface area contributed by atoms with E-state index in [0.29, 0.717) is 27.0 Å². The molecule has 1 saturated heterocycles. The Hall–Kier alpha value is -2.68. The van der Waals surface area contributed by atoms with Crippen LogP contribution in [0, 0.1) is 0 Å². The molecule has 0 aliphatic carbocycles. The molecule has 0 aromatic heterocycles. The van der Waals surface area contributed by atoms with E-state index in [1.165, 1.54) is 4.90 Å². The van der Waals surface area contributed by atoms with Crippen molar-refractivity contribution < 1.29 is 19.5 Å². The lowest BCUT2D eigenvalue weighted by molar-refractivity contribution is -0.305. The average molecular weight is 472 g/mol. The first-order chi connectivity index (χ1) is 14.9. The van der Waals surface area contributed by atoms with Crippen LogP contribution in [0.2, 0.25) is 5.02 Å². The van der Waals surface area contributed by atoms with Crippen LogP contribution in [0.5, 0.6) is 0 Å². The van der Waals surface area contributed by atoms with Gasteiger partial charge in [0.25, 0.3) is 11.8 Å². The van der Waals surface area contributed by atoms with Crippen molar-refractivity contribution in [1.29, 1.82) is 0 Å². The normalized spacial score (nSPS) is 18.2. The van der Waals surface area contributed by atoms with Crippen LogP contribution in [-0.2, 0) is 20.9 Å². The van der Waals surface area contributed by atoms with Crippen LogP contribution >= 0.6 is 35.6 Å². The number of halogens is 1. The molecule has 0 spiro atoms. The number of anilines is 1. The van der Waals surface area contributed by atoms with Crippen LogP contribution < -0.4 is 10.0 Å². The van der Waals surface area contributed by atoms with Gasteiger partial charge in [0.1, 0.15) is 4.32 Å². The number of para-hydroxylation sites is 1. The molecule has 0 radical (unpaired) electrons. The van der Waals surface area contributed by atoms with Gasteiger partial charge in [-0.05, 0) is 36.6 Å². The Morgan fingerprint density at radius 3 is 2.45 bits per heavy atom. The number of aliphatic carboxylic acids is 1. The van der Waals surface area contributed by atoms with E-state index in [2.05, 4.69) is 0 Å². The molecule has 4 rings (SSSR count). The van der Waals surface area contributed by atoms with Crippen LogP contribution in [0.25, 0.3) is 5.57 Å². The number of carboxylic acid groups (broad SMARTS) is 1. The topological polar surface area (TPSA) is 80.7 Å². The number of thiocarbonyl (C=S) groups is 1. The van der Waals surface area contributed by atoms with Gasteiger partial charge in [-0.1, -0.05) is 65.9 Å². The Morgan fingerprint density at radius 2 is 1.74 bits per heavy atom. The molecule has 2 aliphatic heterocycles. The van der Waals surface area contributed by atoms with Crippen molar-refractivity contribution in [2.45, 2.75) is 19.4 Å². The summed E-state index contributed by atoms with van der Waals surface area (Å²) in [6.45, 7) is 0.502. The van der Waals surface area contributed by atoms with Crippen LogP contribution in [0.1, 0.15) is 24.0 Å². The molecule has 158 valence electrons. The van der Waals surface area contributed by atoms with E-state index in [4.69, 9.17) is 23.8 Å². The molecule has 2 aromatic carbocycles. The predicted molar refractivity (Wildman–Crippen MR) is 122 cm³/mol. The van der Waals surface area contributed by atoms with Crippen molar-refractivity contribution in [3.8, 4) is 0 Å². The number of nitrogens with zero attached hydrogens (tertiary/aromatic N) is 2. The summed E-state index contributed by atoms with van der Waals surface area (Å²) in [5.74, 6) is -1.83. The minimum absolute atomic E-state index is 0.166. The number of fused-ring (bicyclic) bond motifs is 1. The smallest absolute Gasteiger partial charge is 0.267 e. The Labute approximate surface area is 193 Å². The van der Waals surface area contributed by atoms with Gasteiger partial charge in [-0.3, -0.25) is 14.5 Å². The van der Waals surface area contributed by atoms with Gasteiger partial charge in [0.05, 0.1) is 22.7 Å². The van der Waals surface area contributed by atoms with E-state index >= 15 is 0 Å². The molecule has 9 heteroatoms. The summed E-state index contributed by atoms with van der Waals surface area (Å²) in [5, 5.41) is 11.3. The second kappa shape index (κ2) is 8.82. The molecule has 0 unspecified atom stereocenters. The van der Waals surface area contributed by atoms with Gasteiger partial charge in [0, 0.05) is 23.1 Å². The van der Waals surface area contributed by atoms with E-state index in [-0.39, 0.29) is 36.1 Å². The molecule has 1 fully saturated rings. The van der Waals surface area contributed by atoms with Crippen LogP contribution in [0.15, 0.2) is 53.4 Å². The number of benzene rings is 2. The highest BCUT2D eigenvalue weighted by Crippen LogP contribution is 2.45. The number of carbonyl (C=O) groups excluding carboxylic acids is 3. The maximum Gasteiger partial charge on any atom is 0.267 e. The summed E-state index contributed by atoms with van der Waals surface area (Å²) < 4.78 is 0.312. The standard InChI is InChI=1S/C22H17ClN2O4S2/c23-14-9-7-13(8-10-14)12-25-16-5-2-1-4-15(16)18(20(25)28)19-21(29)24(22(30)31-19)11-3-6-17(26)27/h1-2,4-5,7-10H,3,6,11-12H2,(H,26,27)/p-1/b19-18+. The third-order valence-corrected chi connectivity index (χ3v) is 6.72. The van der Waals surface area contributed by atoms with Crippen molar-refractivity contribution in [2.24, 2.45) is 0 Å². The molecule has 0 N–H and O–H groups in total. The summed E-state index contributed by atoms with van der Waals surface area (Å²) in [6.07, 6.45) is 0.0597. The predicted octanol–water partition coefficient (Wildman–Crippen LogP) is 2.99. The number of carbonyl (C=O) groups is 3. The zero-order chi connectivity index (χ0) is 22.1. The molecule has 6 nitrogen and oxygen atoms in total. The summed E-state index contributed by atoms with van der Waals surface area (Å²) in [6, 6.07) is 14.6. The fourth-order valence-electron chi connectivity index (χ4n) is 3.55. The molecule has 2 heterocycles. The molecule has 0 bridgehead atoms. The quantitative estimate of drug-likeness (QED) is 0.476. The van der Waals surface area contributed by atoms with Gasteiger partial charge in [-0.2, -0.15) is 0 Å². The molecule has 2 aliphatic rings. The summed E-state index contributed by atoms with van der Waals surface area (Å²) in [5.41, 5.74) is 2.63. The zero-order valence-corrected chi connectivity index (χ0v) is 18.6. The summed E-state index contributed by atoms with van der Waals surface area (Å²) in [4.78, 5) is 40.4. The van der Waals surface area contributed by atoms with Crippen molar-refractivity contribution in [3.05, 3.63) is 69.6 Å². The highest BCUT2D eigenvalue weighted by atomic mass is 35.5. The van der Waals surface area contributed by atoms with Crippen LogP contribution in [-0.4, -0.2) is 33.5 Å². The highest BCUT2D eigenvalue weighted by Gasteiger charge is 2.41. The van der Waals surface area contributed by atoms with Crippen molar-refractivity contribution in [1.82, 2.24) is 4.90 Å². The molecule has 31 heavy (non-hydrogen) atoms. The average Bonchev–Trinajstić information content (AvgIpc) is 3.17. The third-order valence-electron chi connectivity index (χ3n) is 5.02. The zero-order valence-electron chi connectivity index (χ0n) is 16.2.